The zero-order valence-corrected chi connectivity index (χ0v) is 12.6. The van der Waals surface area contributed by atoms with Crippen molar-refractivity contribution in [1.29, 1.82) is 0 Å². The summed E-state index contributed by atoms with van der Waals surface area (Å²) in [5, 5.41) is 0.694. The summed E-state index contributed by atoms with van der Waals surface area (Å²) in [5.74, 6) is -0.112. The summed E-state index contributed by atoms with van der Waals surface area (Å²) in [7, 11) is 1.66. The van der Waals surface area contributed by atoms with E-state index in [1.165, 1.54) is 10.6 Å². The summed E-state index contributed by atoms with van der Waals surface area (Å²) in [6.07, 6.45) is 1.62. The van der Waals surface area contributed by atoms with Gasteiger partial charge in [0.2, 0.25) is 0 Å². The van der Waals surface area contributed by atoms with Crippen LogP contribution in [-0.4, -0.2) is 46.0 Å². The molecule has 1 aliphatic rings. The van der Waals surface area contributed by atoms with E-state index < -0.39 is 0 Å². The molecule has 0 N–H and O–H groups in total. The Balaban J connectivity index is 2.21. The number of carbonyl (C=O) groups is 1. The fourth-order valence-corrected chi connectivity index (χ4v) is 2.43. The number of hydrogen-bond acceptors (Lipinski definition) is 3. The van der Waals surface area contributed by atoms with Gasteiger partial charge < -0.3 is 14.2 Å². The molecule has 1 aliphatic heterocycles. The van der Waals surface area contributed by atoms with Crippen LogP contribution in [0.4, 0.5) is 0 Å². The summed E-state index contributed by atoms with van der Waals surface area (Å²) < 4.78 is 7.04. The second-order valence-electron chi connectivity index (χ2n) is 4.78. The Morgan fingerprint density at radius 3 is 2.95 bits per heavy atom. The average molecular weight is 329 g/mol. The molecule has 6 heteroatoms. The number of halogens is 1. The van der Waals surface area contributed by atoms with Crippen LogP contribution in [0.25, 0.3) is 0 Å². The molecule has 2 heterocycles. The lowest BCUT2D eigenvalue weighted by molar-refractivity contribution is -0.0361. The third-order valence-corrected chi connectivity index (χ3v) is 4.01. The molecule has 1 aromatic heterocycles. The maximum Gasteiger partial charge on any atom is 0.254 e. The highest BCUT2D eigenvalue weighted by Crippen LogP contribution is 2.16. The lowest BCUT2D eigenvalue weighted by atomic mass is 10.1. The standard InChI is InChI=1S/C13H17BrN2O3/c1-9-8-19-11(6-14)7-16(9)13(18)10-3-4-15(2)12(17)5-10/h3-5,9,11H,6-8H2,1-2H3. The first-order valence-electron chi connectivity index (χ1n) is 6.18. The van der Waals surface area contributed by atoms with Gasteiger partial charge >= 0.3 is 0 Å². The molecule has 0 radical (unpaired) electrons. The Bertz CT molecular complexity index is 529. The van der Waals surface area contributed by atoms with Crippen molar-refractivity contribution >= 4 is 21.8 Å². The number of carbonyl (C=O) groups excluding carboxylic acids is 1. The maximum atomic E-state index is 12.4. The van der Waals surface area contributed by atoms with Gasteiger partial charge in [-0.1, -0.05) is 15.9 Å². The van der Waals surface area contributed by atoms with E-state index in [9.17, 15) is 9.59 Å². The van der Waals surface area contributed by atoms with Gasteiger partial charge in [-0.05, 0) is 13.0 Å². The Labute approximate surface area is 120 Å². The van der Waals surface area contributed by atoms with Gasteiger partial charge in [-0.15, -0.1) is 0 Å². The van der Waals surface area contributed by atoms with Crippen LogP contribution in [0.1, 0.15) is 17.3 Å². The number of nitrogens with zero attached hydrogens (tertiary/aromatic N) is 2. The number of rotatable bonds is 2. The van der Waals surface area contributed by atoms with Gasteiger partial charge in [-0.2, -0.15) is 0 Å². The first-order valence-corrected chi connectivity index (χ1v) is 7.30. The summed E-state index contributed by atoms with van der Waals surface area (Å²) in [6.45, 7) is 3.01. The number of amides is 1. The lowest BCUT2D eigenvalue weighted by Crippen LogP contribution is -2.51. The quantitative estimate of drug-likeness (QED) is 0.761. The third-order valence-electron chi connectivity index (χ3n) is 3.29. The second-order valence-corrected chi connectivity index (χ2v) is 5.43. The minimum Gasteiger partial charge on any atom is -0.373 e. The molecule has 104 valence electrons. The predicted octanol–water partition coefficient (Wildman–Crippen LogP) is 1.01. The molecule has 1 amide bonds. The van der Waals surface area contributed by atoms with Gasteiger partial charge in [0, 0.05) is 36.7 Å². The van der Waals surface area contributed by atoms with Gasteiger partial charge in [0.05, 0.1) is 18.8 Å². The molecular weight excluding hydrogens is 312 g/mol. The number of ether oxygens (including phenoxy) is 1. The first-order chi connectivity index (χ1) is 9.02. The van der Waals surface area contributed by atoms with Crippen LogP contribution in [0.5, 0.6) is 0 Å². The number of aromatic nitrogens is 1. The van der Waals surface area contributed by atoms with E-state index in [1.807, 2.05) is 6.92 Å². The molecule has 2 unspecified atom stereocenters. The van der Waals surface area contributed by atoms with Crippen molar-refractivity contribution in [2.24, 2.45) is 7.05 Å². The van der Waals surface area contributed by atoms with Gasteiger partial charge in [-0.3, -0.25) is 9.59 Å². The molecule has 1 saturated heterocycles. The fraction of sp³-hybridized carbons (Fsp3) is 0.538. The summed E-state index contributed by atoms with van der Waals surface area (Å²) in [5.41, 5.74) is 0.258. The maximum absolute atomic E-state index is 12.4. The van der Waals surface area contributed by atoms with E-state index in [2.05, 4.69) is 15.9 Å². The van der Waals surface area contributed by atoms with Gasteiger partial charge in [0.25, 0.3) is 11.5 Å². The van der Waals surface area contributed by atoms with Crippen molar-refractivity contribution in [3.05, 3.63) is 34.2 Å². The smallest absolute Gasteiger partial charge is 0.254 e. The largest absolute Gasteiger partial charge is 0.373 e. The molecule has 5 nitrogen and oxygen atoms in total. The van der Waals surface area contributed by atoms with Crippen molar-refractivity contribution < 1.29 is 9.53 Å². The van der Waals surface area contributed by atoms with Crippen LogP contribution in [0, 0.1) is 0 Å². The van der Waals surface area contributed by atoms with Crippen molar-refractivity contribution in [1.82, 2.24) is 9.47 Å². The Kier molecular flexibility index (Phi) is 4.42. The summed E-state index contributed by atoms with van der Waals surface area (Å²) in [4.78, 5) is 25.8. The van der Waals surface area contributed by atoms with E-state index in [0.29, 0.717) is 24.0 Å². The minimum atomic E-state index is -0.177. The average Bonchev–Trinajstić information content (AvgIpc) is 2.41. The van der Waals surface area contributed by atoms with Gasteiger partial charge in [0.1, 0.15) is 0 Å². The van der Waals surface area contributed by atoms with E-state index in [-0.39, 0.29) is 23.6 Å². The predicted molar refractivity (Wildman–Crippen MR) is 75.7 cm³/mol. The topological polar surface area (TPSA) is 51.5 Å². The van der Waals surface area contributed by atoms with Gasteiger partial charge in [0.15, 0.2) is 0 Å². The number of alkyl halides is 1. The minimum absolute atomic E-state index is 0.00620. The highest BCUT2D eigenvalue weighted by atomic mass is 79.9. The van der Waals surface area contributed by atoms with E-state index in [0.717, 1.165) is 0 Å². The highest BCUT2D eigenvalue weighted by Gasteiger charge is 2.29. The molecule has 0 spiro atoms. The number of aryl methyl sites for hydroxylation is 1. The third kappa shape index (κ3) is 3.06. The zero-order valence-electron chi connectivity index (χ0n) is 11.0. The molecule has 1 aromatic rings. The van der Waals surface area contributed by atoms with E-state index >= 15 is 0 Å². The molecule has 0 aromatic carbocycles. The van der Waals surface area contributed by atoms with Gasteiger partial charge in [-0.25, -0.2) is 0 Å². The summed E-state index contributed by atoms with van der Waals surface area (Å²) in [6, 6.07) is 3.08. The normalized spacial score (nSPS) is 23.4. The monoisotopic (exact) mass is 328 g/mol. The molecular formula is C13H17BrN2O3. The van der Waals surface area contributed by atoms with E-state index in [1.54, 1.807) is 24.2 Å². The van der Waals surface area contributed by atoms with Crippen LogP contribution in [0.15, 0.2) is 23.1 Å². The fourth-order valence-electron chi connectivity index (χ4n) is 2.04. The molecule has 0 bridgehead atoms. The molecule has 2 atom stereocenters. The van der Waals surface area contributed by atoms with Crippen LogP contribution < -0.4 is 5.56 Å². The van der Waals surface area contributed by atoms with E-state index in [4.69, 9.17) is 4.74 Å². The van der Waals surface area contributed by atoms with Crippen LogP contribution in [0.2, 0.25) is 0 Å². The molecule has 19 heavy (non-hydrogen) atoms. The van der Waals surface area contributed by atoms with Crippen LogP contribution in [-0.2, 0) is 11.8 Å². The molecule has 0 saturated carbocycles. The van der Waals surface area contributed by atoms with Crippen LogP contribution >= 0.6 is 15.9 Å². The number of hydrogen-bond donors (Lipinski definition) is 0. The Hall–Kier alpha value is -1.14. The number of pyridine rings is 1. The Morgan fingerprint density at radius 2 is 2.32 bits per heavy atom. The van der Waals surface area contributed by atoms with Crippen molar-refractivity contribution in [2.45, 2.75) is 19.1 Å². The first kappa shape index (κ1) is 14.3. The highest BCUT2D eigenvalue weighted by molar-refractivity contribution is 9.09. The summed E-state index contributed by atoms with van der Waals surface area (Å²) >= 11 is 3.37. The number of morpholine rings is 1. The second kappa shape index (κ2) is 5.88. The molecule has 1 fully saturated rings. The lowest BCUT2D eigenvalue weighted by Gasteiger charge is -2.37. The van der Waals surface area contributed by atoms with Crippen molar-refractivity contribution in [3.8, 4) is 0 Å². The Morgan fingerprint density at radius 1 is 1.58 bits per heavy atom. The SMILES string of the molecule is CC1COC(CBr)CN1C(=O)c1ccn(C)c(=O)c1. The molecule has 2 rings (SSSR count). The van der Waals surface area contributed by atoms with Crippen LogP contribution in [0.3, 0.4) is 0 Å². The zero-order chi connectivity index (χ0) is 14.0. The molecule has 0 aliphatic carbocycles. The van der Waals surface area contributed by atoms with Crippen molar-refractivity contribution in [2.75, 3.05) is 18.5 Å². The van der Waals surface area contributed by atoms with Crippen molar-refractivity contribution in [3.63, 3.8) is 0 Å².